The van der Waals surface area contributed by atoms with Crippen LogP contribution in [0.15, 0.2) is 78.9 Å². The molecule has 0 unspecified atom stereocenters. The molecule has 1 heterocycles. The molecule has 31 heavy (non-hydrogen) atoms. The van der Waals surface area contributed by atoms with Gasteiger partial charge in [-0.05, 0) is 18.2 Å². The Balaban J connectivity index is 1.69. The summed E-state index contributed by atoms with van der Waals surface area (Å²) in [6.07, 6.45) is 0. The number of amides is 2. The molecule has 2 amide bonds. The van der Waals surface area contributed by atoms with Crippen LogP contribution in [0.5, 0.6) is 0 Å². The highest BCUT2D eigenvalue weighted by molar-refractivity contribution is 7.17. The maximum absolute atomic E-state index is 13.2. The van der Waals surface area contributed by atoms with Crippen molar-refractivity contribution in [2.24, 2.45) is 0 Å². The third-order valence-electron chi connectivity index (χ3n) is 4.44. The van der Waals surface area contributed by atoms with Gasteiger partial charge in [-0.1, -0.05) is 72.3 Å². The van der Waals surface area contributed by atoms with Gasteiger partial charge in [0.2, 0.25) is 5.91 Å². The van der Waals surface area contributed by atoms with Gasteiger partial charge in [0.05, 0.1) is 16.4 Å². The minimum Gasteiger partial charge on any atom is -0.326 e. The molecule has 7 heteroatoms. The van der Waals surface area contributed by atoms with Crippen LogP contribution in [0, 0.1) is 0 Å². The molecular weight excluding hydrogens is 430 g/mol. The molecule has 3 aromatic carbocycles. The Morgan fingerprint density at radius 2 is 1.52 bits per heavy atom. The van der Waals surface area contributed by atoms with Crippen molar-refractivity contribution in [3.63, 3.8) is 0 Å². The van der Waals surface area contributed by atoms with Crippen molar-refractivity contribution in [1.29, 1.82) is 0 Å². The number of benzene rings is 3. The summed E-state index contributed by atoms with van der Waals surface area (Å²) in [5.74, 6) is -0.494. The van der Waals surface area contributed by atoms with Crippen molar-refractivity contribution in [2.75, 3.05) is 10.6 Å². The molecule has 0 saturated heterocycles. The number of nitrogens with one attached hydrogen (secondary N) is 2. The van der Waals surface area contributed by atoms with E-state index in [4.69, 9.17) is 16.6 Å². The van der Waals surface area contributed by atoms with E-state index in [-0.39, 0.29) is 11.8 Å². The second kappa shape index (κ2) is 9.12. The van der Waals surface area contributed by atoms with E-state index in [2.05, 4.69) is 10.6 Å². The lowest BCUT2D eigenvalue weighted by atomic mass is 10.1. The van der Waals surface area contributed by atoms with E-state index < -0.39 is 0 Å². The molecular formula is C24H18ClN3O2S. The number of hydrogen-bond donors (Lipinski definition) is 2. The molecule has 5 nitrogen and oxygen atoms in total. The Morgan fingerprint density at radius 3 is 2.13 bits per heavy atom. The van der Waals surface area contributed by atoms with Crippen molar-refractivity contribution >= 4 is 46.1 Å². The van der Waals surface area contributed by atoms with E-state index >= 15 is 0 Å². The standard InChI is InChI=1S/C24H18ClN3O2S/c1-15(29)26-18-12-13-20(19(25)14-18)27-23(30)22-21(16-8-4-2-5-9-16)28-24(31-22)17-10-6-3-7-11-17/h2-14H,1H3,(H,26,29)(H,27,30). The molecule has 4 aromatic rings. The van der Waals surface area contributed by atoms with Crippen molar-refractivity contribution in [3.8, 4) is 21.8 Å². The summed E-state index contributed by atoms with van der Waals surface area (Å²) < 4.78 is 0. The summed E-state index contributed by atoms with van der Waals surface area (Å²) >= 11 is 7.65. The number of rotatable bonds is 5. The van der Waals surface area contributed by atoms with Crippen LogP contribution in [0.3, 0.4) is 0 Å². The lowest BCUT2D eigenvalue weighted by molar-refractivity contribution is -0.114. The Labute approximate surface area is 188 Å². The SMILES string of the molecule is CC(=O)Nc1ccc(NC(=O)c2sc(-c3ccccc3)nc2-c2ccccc2)c(Cl)c1. The molecule has 1 aromatic heterocycles. The fraction of sp³-hybridized carbons (Fsp3) is 0.0417. The van der Waals surface area contributed by atoms with Crippen LogP contribution in [0.2, 0.25) is 5.02 Å². The van der Waals surface area contributed by atoms with E-state index in [0.717, 1.165) is 16.1 Å². The van der Waals surface area contributed by atoms with Gasteiger partial charge >= 0.3 is 0 Å². The van der Waals surface area contributed by atoms with E-state index in [1.165, 1.54) is 18.3 Å². The van der Waals surface area contributed by atoms with Crippen LogP contribution in [0.25, 0.3) is 21.8 Å². The number of halogens is 1. The first kappa shape index (κ1) is 20.8. The number of carbonyl (C=O) groups excluding carboxylic acids is 2. The zero-order valence-electron chi connectivity index (χ0n) is 16.6. The lowest BCUT2D eigenvalue weighted by Gasteiger charge is -2.09. The Bertz CT molecular complexity index is 1240. The van der Waals surface area contributed by atoms with Crippen LogP contribution in [0.4, 0.5) is 11.4 Å². The number of nitrogens with zero attached hydrogens (tertiary/aromatic N) is 1. The van der Waals surface area contributed by atoms with Crippen molar-refractivity contribution in [3.05, 3.63) is 88.8 Å². The predicted octanol–water partition coefficient (Wildman–Crippen LogP) is 6.34. The molecule has 154 valence electrons. The first-order valence-corrected chi connectivity index (χ1v) is 10.7. The van der Waals surface area contributed by atoms with Crippen LogP contribution in [-0.4, -0.2) is 16.8 Å². The second-order valence-electron chi connectivity index (χ2n) is 6.76. The quantitative estimate of drug-likeness (QED) is 0.375. The number of hydrogen-bond acceptors (Lipinski definition) is 4. The maximum Gasteiger partial charge on any atom is 0.268 e. The molecule has 0 atom stereocenters. The highest BCUT2D eigenvalue weighted by Gasteiger charge is 2.21. The Hall–Kier alpha value is -3.48. The van der Waals surface area contributed by atoms with Crippen LogP contribution >= 0.6 is 22.9 Å². The number of carbonyl (C=O) groups is 2. The summed E-state index contributed by atoms with van der Waals surface area (Å²) in [6.45, 7) is 1.42. The highest BCUT2D eigenvalue weighted by Crippen LogP contribution is 2.35. The molecule has 0 fully saturated rings. The average Bonchev–Trinajstić information content (AvgIpc) is 3.22. The van der Waals surface area contributed by atoms with Gasteiger partial charge in [-0.15, -0.1) is 11.3 Å². The summed E-state index contributed by atoms with van der Waals surface area (Å²) in [6, 6.07) is 24.3. The predicted molar refractivity (Wildman–Crippen MR) is 127 cm³/mol. The Kier molecular flexibility index (Phi) is 6.11. The van der Waals surface area contributed by atoms with Gasteiger partial charge in [0.25, 0.3) is 5.91 Å². The smallest absolute Gasteiger partial charge is 0.268 e. The lowest BCUT2D eigenvalue weighted by Crippen LogP contribution is -2.12. The molecule has 2 N–H and O–H groups in total. The van der Waals surface area contributed by atoms with Gasteiger partial charge in [0.1, 0.15) is 9.88 Å². The molecule has 0 spiro atoms. The summed E-state index contributed by atoms with van der Waals surface area (Å²) in [4.78, 5) is 29.7. The van der Waals surface area contributed by atoms with Crippen molar-refractivity contribution in [2.45, 2.75) is 6.92 Å². The maximum atomic E-state index is 13.2. The largest absolute Gasteiger partial charge is 0.326 e. The average molecular weight is 448 g/mol. The highest BCUT2D eigenvalue weighted by atomic mass is 35.5. The van der Waals surface area contributed by atoms with Gasteiger partial charge in [0, 0.05) is 23.7 Å². The van der Waals surface area contributed by atoms with Crippen molar-refractivity contribution < 1.29 is 9.59 Å². The van der Waals surface area contributed by atoms with Gasteiger partial charge in [-0.25, -0.2) is 4.98 Å². The first-order chi connectivity index (χ1) is 15.0. The fourth-order valence-electron chi connectivity index (χ4n) is 3.05. The molecule has 0 aliphatic carbocycles. The normalized spacial score (nSPS) is 10.5. The topological polar surface area (TPSA) is 71.1 Å². The zero-order chi connectivity index (χ0) is 21.8. The summed E-state index contributed by atoms with van der Waals surface area (Å²) in [7, 11) is 0. The summed E-state index contributed by atoms with van der Waals surface area (Å²) in [5.41, 5.74) is 3.44. The number of anilines is 2. The van der Waals surface area contributed by atoms with Gasteiger partial charge in [-0.3, -0.25) is 9.59 Å². The minimum atomic E-state index is -0.298. The van der Waals surface area contributed by atoms with Crippen molar-refractivity contribution in [1.82, 2.24) is 4.98 Å². The van der Waals surface area contributed by atoms with E-state index in [1.807, 2.05) is 60.7 Å². The van der Waals surface area contributed by atoms with Crippen LogP contribution < -0.4 is 10.6 Å². The number of aromatic nitrogens is 1. The Morgan fingerprint density at radius 1 is 0.871 bits per heavy atom. The van der Waals surface area contributed by atoms with E-state index in [0.29, 0.717) is 27.0 Å². The fourth-order valence-corrected chi connectivity index (χ4v) is 4.26. The second-order valence-corrected chi connectivity index (χ2v) is 8.17. The van der Waals surface area contributed by atoms with Gasteiger partial charge in [0.15, 0.2) is 0 Å². The molecule has 0 bridgehead atoms. The monoisotopic (exact) mass is 447 g/mol. The minimum absolute atomic E-state index is 0.196. The molecule has 4 rings (SSSR count). The number of thiazole rings is 1. The van der Waals surface area contributed by atoms with Crippen LogP contribution in [0.1, 0.15) is 16.6 Å². The molecule has 0 saturated carbocycles. The van der Waals surface area contributed by atoms with Gasteiger partial charge in [-0.2, -0.15) is 0 Å². The molecule has 0 aliphatic heterocycles. The van der Waals surface area contributed by atoms with E-state index in [9.17, 15) is 9.59 Å². The summed E-state index contributed by atoms with van der Waals surface area (Å²) in [5, 5.41) is 6.62. The molecule has 0 aliphatic rings. The molecule has 0 radical (unpaired) electrons. The first-order valence-electron chi connectivity index (χ1n) is 9.51. The third kappa shape index (κ3) is 4.82. The van der Waals surface area contributed by atoms with Crippen LogP contribution in [-0.2, 0) is 4.79 Å². The third-order valence-corrected chi connectivity index (χ3v) is 5.85. The zero-order valence-corrected chi connectivity index (χ0v) is 18.1. The van der Waals surface area contributed by atoms with E-state index in [1.54, 1.807) is 18.2 Å². The van der Waals surface area contributed by atoms with Gasteiger partial charge < -0.3 is 10.6 Å².